The molecule has 0 aliphatic heterocycles. The Kier molecular flexibility index (Phi) is 11.5. The van der Waals surface area contributed by atoms with Crippen molar-refractivity contribution in [2.45, 2.75) is 0 Å². The predicted molar refractivity (Wildman–Crippen MR) is 91.0 cm³/mol. The Morgan fingerprint density at radius 3 is 1.40 bits per heavy atom. The van der Waals surface area contributed by atoms with Crippen molar-refractivity contribution >= 4 is 47.3 Å². The summed E-state index contributed by atoms with van der Waals surface area (Å²) in [5.74, 6) is -2.43. The fourth-order valence-electron chi connectivity index (χ4n) is 1.55. The van der Waals surface area contributed by atoms with Crippen LogP contribution in [-0.2, 0) is 29.1 Å². The fourth-order valence-corrected chi connectivity index (χ4v) is 1.95. The molecule has 0 aromatic heterocycles. The van der Waals surface area contributed by atoms with Crippen LogP contribution in [0.25, 0.3) is 12.2 Å². The number of rotatable bonds is 4. The number of halogens is 2. The van der Waals surface area contributed by atoms with E-state index in [4.69, 9.17) is 23.2 Å². The van der Waals surface area contributed by atoms with E-state index in [2.05, 4.69) is 0 Å². The van der Waals surface area contributed by atoms with Crippen LogP contribution in [0.3, 0.4) is 0 Å². The van der Waals surface area contributed by atoms with Gasteiger partial charge in [-0.2, -0.15) is 0 Å². The van der Waals surface area contributed by atoms with Gasteiger partial charge in [-0.3, -0.25) is 0 Å². The first-order valence-electron chi connectivity index (χ1n) is 6.66. The molecule has 0 saturated carbocycles. The largest absolute Gasteiger partial charge is 2.00 e. The number of carbonyl (C=O) groups excluding carboxylic acids is 2. The Morgan fingerprint density at radius 1 is 0.760 bits per heavy atom. The van der Waals surface area contributed by atoms with E-state index < -0.39 is 11.9 Å². The van der Waals surface area contributed by atoms with Gasteiger partial charge in [0.25, 0.3) is 0 Å². The number of carboxylic acids is 2. The first kappa shape index (κ1) is 23.1. The SMILES string of the molecule is O=C([O-])C=Cc1cccc(Cl)c1.O=C([O-])C=Cc1cccc(Cl)c1.[Zn+2]. The second-order valence-corrected chi connectivity index (χ2v) is 5.29. The summed E-state index contributed by atoms with van der Waals surface area (Å²) in [4.78, 5) is 20.1. The van der Waals surface area contributed by atoms with Crippen LogP contribution >= 0.6 is 23.2 Å². The molecule has 0 bridgehead atoms. The van der Waals surface area contributed by atoms with Crippen molar-refractivity contribution in [3.05, 3.63) is 81.9 Å². The smallest absolute Gasteiger partial charge is 0.545 e. The van der Waals surface area contributed by atoms with Gasteiger partial charge in [-0.1, -0.05) is 59.6 Å². The molecular formula is C18H12Cl2O4Zn. The van der Waals surface area contributed by atoms with Crippen LogP contribution in [0.4, 0.5) is 0 Å². The molecule has 2 aromatic rings. The van der Waals surface area contributed by atoms with Gasteiger partial charge in [-0.05, 0) is 47.5 Å². The van der Waals surface area contributed by atoms with Gasteiger partial charge in [-0.15, -0.1) is 0 Å². The van der Waals surface area contributed by atoms with Crippen molar-refractivity contribution in [1.82, 2.24) is 0 Å². The van der Waals surface area contributed by atoms with E-state index in [0.717, 1.165) is 23.3 Å². The third-order valence-electron chi connectivity index (χ3n) is 2.52. The molecule has 124 valence electrons. The molecule has 0 radical (unpaired) electrons. The third kappa shape index (κ3) is 11.3. The summed E-state index contributed by atoms with van der Waals surface area (Å²) in [6.45, 7) is 0. The van der Waals surface area contributed by atoms with Gasteiger partial charge < -0.3 is 19.8 Å². The monoisotopic (exact) mass is 426 g/mol. The summed E-state index contributed by atoms with van der Waals surface area (Å²) in [5.41, 5.74) is 1.48. The quantitative estimate of drug-likeness (QED) is 0.552. The van der Waals surface area contributed by atoms with E-state index in [9.17, 15) is 19.8 Å². The molecule has 0 spiro atoms. The van der Waals surface area contributed by atoms with Gasteiger partial charge in [0.2, 0.25) is 0 Å². The minimum Gasteiger partial charge on any atom is -0.545 e. The van der Waals surface area contributed by atoms with Crippen LogP contribution in [0.1, 0.15) is 11.1 Å². The Hall–Kier alpha value is -1.94. The van der Waals surface area contributed by atoms with Crippen molar-refractivity contribution in [2.24, 2.45) is 0 Å². The predicted octanol–water partition coefficient (Wildman–Crippen LogP) is 2.20. The first-order chi connectivity index (χ1) is 11.4. The summed E-state index contributed by atoms with van der Waals surface area (Å²) in [6.07, 6.45) is 4.79. The molecule has 2 aromatic carbocycles. The van der Waals surface area contributed by atoms with E-state index in [-0.39, 0.29) is 19.5 Å². The summed E-state index contributed by atoms with van der Waals surface area (Å²) < 4.78 is 0. The molecule has 0 atom stereocenters. The topological polar surface area (TPSA) is 80.3 Å². The van der Waals surface area contributed by atoms with Crippen molar-refractivity contribution in [3.63, 3.8) is 0 Å². The Labute approximate surface area is 168 Å². The van der Waals surface area contributed by atoms with Crippen molar-refractivity contribution < 1.29 is 39.3 Å². The van der Waals surface area contributed by atoms with E-state index >= 15 is 0 Å². The molecule has 0 N–H and O–H groups in total. The van der Waals surface area contributed by atoms with Crippen LogP contribution in [0.15, 0.2) is 60.7 Å². The average molecular weight is 429 g/mol. The summed E-state index contributed by atoms with van der Waals surface area (Å²) >= 11 is 11.3. The summed E-state index contributed by atoms with van der Waals surface area (Å²) in [5, 5.41) is 21.2. The maximum Gasteiger partial charge on any atom is 2.00 e. The van der Waals surface area contributed by atoms with Crippen molar-refractivity contribution in [3.8, 4) is 0 Å². The zero-order chi connectivity index (χ0) is 17.9. The minimum atomic E-state index is -1.21. The molecule has 2 rings (SSSR count). The van der Waals surface area contributed by atoms with Gasteiger partial charge in [0.15, 0.2) is 0 Å². The first-order valence-corrected chi connectivity index (χ1v) is 7.41. The molecule has 0 amide bonds. The van der Waals surface area contributed by atoms with Gasteiger partial charge in [0.1, 0.15) is 0 Å². The van der Waals surface area contributed by atoms with Gasteiger partial charge in [-0.25, -0.2) is 0 Å². The molecule has 25 heavy (non-hydrogen) atoms. The van der Waals surface area contributed by atoms with E-state index in [1.54, 1.807) is 48.5 Å². The van der Waals surface area contributed by atoms with Crippen molar-refractivity contribution in [1.29, 1.82) is 0 Å². The second-order valence-electron chi connectivity index (χ2n) is 4.41. The summed E-state index contributed by atoms with van der Waals surface area (Å²) in [6, 6.07) is 13.8. The number of benzene rings is 2. The molecule has 0 aliphatic carbocycles. The second kappa shape index (κ2) is 12.4. The van der Waals surface area contributed by atoms with E-state index in [0.29, 0.717) is 10.0 Å². The van der Waals surface area contributed by atoms with Crippen LogP contribution in [0.2, 0.25) is 10.0 Å². The number of carbonyl (C=O) groups is 2. The average Bonchev–Trinajstić information content (AvgIpc) is 2.52. The fraction of sp³-hybridized carbons (Fsp3) is 0. The number of aliphatic carboxylic acids is 2. The molecule has 0 fully saturated rings. The van der Waals surface area contributed by atoms with Crippen LogP contribution in [0.5, 0.6) is 0 Å². The van der Waals surface area contributed by atoms with Crippen LogP contribution in [0, 0.1) is 0 Å². The normalized spacial score (nSPS) is 10.0. The van der Waals surface area contributed by atoms with Crippen LogP contribution < -0.4 is 10.2 Å². The molecule has 4 nitrogen and oxygen atoms in total. The van der Waals surface area contributed by atoms with Gasteiger partial charge in [0, 0.05) is 10.0 Å². The molecule has 0 aliphatic rings. The Balaban J connectivity index is 0.000000443. The van der Waals surface area contributed by atoms with Gasteiger partial charge >= 0.3 is 19.5 Å². The van der Waals surface area contributed by atoms with E-state index in [1.807, 2.05) is 0 Å². The standard InChI is InChI=1S/2C9H7ClO2.Zn/c2*10-8-3-1-2-7(6-8)4-5-9(11)12;/h2*1-6H,(H,11,12);/q;;+2/p-2. The molecule has 0 unspecified atom stereocenters. The minimum absolute atomic E-state index is 0. The van der Waals surface area contributed by atoms with Gasteiger partial charge in [0.05, 0.1) is 11.9 Å². The maximum absolute atomic E-state index is 10.0. The number of hydrogen-bond donors (Lipinski definition) is 0. The molecule has 0 heterocycles. The maximum atomic E-state index is 10.0. The van der Waals surface area contributed by atoms with Crippen molar-refractivity contribution in [2.75, 3.05) is 0 Å². The number of hydrogen-bond acceptors (Lipinski definition) is 4. The summed E-state index contributed by atoms with van der Waals surface area (Å²) in [7, 11) is 0. The Bertz CT molecular complexity index is 708. The third-order valence-corrected chi connectivity index (χ3v) is 2.99. The zero-order valence-corrected chi connectivity index (χ0v) is 17.5. The Morgan fingerprint density at radius 2 is 1.12 bits per heavy atom. The van der Waals surface area contributed by atoms with E-state index in [1.165, 1.54) is 12.2 Å². The molecule has 0 saturated heterocycles. The molecular weight excluding hydrogens is 416 g/mol. The number of carboxylic acid groups (broad SMARTS) is 2. The molecule has 7 heteroatoms. The van der Waals surface area contributed by atoms with Crippen LogP contribution in [-0.4, -0.2) is 11.9 Å². The zero-order valence-electron chi connectivity index (χ0n) is 13.0.